The Bertz CT molecular complexity index is 231. The van der Waals surface area contributed by atoms with Gasteiger partial charge in [0.2, 0.25) is 5.50 Å². The van der Waals surface area contributed by atoms with E-state index in [1.807, 2.05) is 0 Å². The van der Waals surface area contributed by atoms with Gasteiger partial charge in [-0.2, -0.15) is 8.42 Å². The minimum absolute atomic E-state index is 1.78. The molecule has 0 bridgehead atoms. The van der Waals surface area contributed by atoms with Crippen molar-refractivity contribution in [3.63, 3.8) is 0 Å². The van der Waals surface area contributed by atoms with Crippen LogP contribution < -0.4 is 0 Å². The zero-order valence-electron chi connectivity index (χ0n) is 5.38. The van der Waals surface area contributed by atoms with Crippen LogP contribution in [0.15, 0.2) is 0 Å². The number of halogens is 4. The summed E-state index contributed by atoms with van der Waals surface area (Å²) in [4.78, 5) is 0. The zero-order valence-corrected chi connectivity index (χ0v) is 6.19. The normalized spacial score (nSPS) is 16.1. The third-order valence-electron chi connectivity index (χ3n) is 0.701. The summed E-state index contributed by atoms with van der Waals surface area (Å²) in [6.07, 6.45) is -5.12. The van der Waals surface area contributed by atoms with Crippen LogP contribution in [0, 0.1) is 0 Å². The molecule has 0 saturated carbocycles. The first-order valence-electron chi connectivity index (χ1n) is 2.44. The minimum atomic E-state index is -5.12. The maximum absolute atomic E-state index is 12.0. The van der Waals surface area contributed by atoms with E-state index in [1.165, 1.54) is 0 Å². The molecule has 0 saturated heterocycles. The summed E-state index contributed by atoms with van der Waals surface area (Å²) in [6.45, 7) is -1.78. The maximum Gasteiger partial charge on any atom is 0.522 e. The van der Waals surface area contributed by atoms with Gasteiger partial charge in [0.05, 0.1) is 0 Å². The molecule has 0 aromatic rings. The van der Waals surface area contributed by atoms with Crippen LogP contribution >= 0.6 is 0 Å². The van der Waals surface area contributed by atoms with Gasteiger partial charge in [-0.1, -0.05) is 0 Å². The third kappa shape index (κ3) is 5.27. The fourth-order valence-electron chi connectivity index (χ4n) is 0.246. The number of alkyl halides is 4. The van der Waals surface area contributed by atoms with E-state index in [0.717, 1.165) is 0 Å². The van der Waals surface area contributed by atoms with Crippen LogP contribution in [-0.2, 0) is 14.9 Å². The quantitative estimate of drug-likeness (QED) is 0.552. The highest BCUT2D eigenvalue weighted by Crippen LogP contribution is 2.17. The number of hydrogen-bond donors (Lipinski definition) is 1. The molecule has 0 aromatic carbocycles. The molecular formula is C3H4F4O4S. The second-order valence-corrected chi connectivity index (χ2v) is 3.22. The lowest BCUT2D eigenvalue weighted by Crippen LogP contribution is -2.26. The molecule has 0 aromatic heterocycles. The molecule has 4 nitrogen and oxygen atoms in total. The van der Waals surface area contributed by atoms with Gasteiger partial charge in [0, 0.05) is 0 Å². The monoisotopic (exact) mass is 212 g/mol. The van der Waals surface area contributed by atoms with Crippen LogP contribution in [0.1, 0.15) is 0 Å². The van der Waals surface area contributed by atoms with Gasteiger partial charge < -0.3 is 0 Å². The molecule has 0 aliphatic heterocycles. The van der Waals surface area contributed by atoms with Gasteiger partial charge in [-0.15, -0.1) is 13.2 Å². The Morgan fingerprint density at radius 1 is 1.42 bits per heavy atom. The van der Waals surface area contributed by atoms with Crippen molar-refractivity contribution < 1.29 is 35.3 Å². The van der Waals surface area contributed by atoms with E-state index in [2.05, 4.69) is 4.74 Å². The summed E-state index contributed by atoms with van der Waals surface area (Å²) in [7, 11) is -5.12. The molecule has 0 amide bonds. The SMILES string of the molecule is O=S(=O)(O)C(F)COC(F)(F)F. The Labute approximate surface area is 64.9 Å². The van der Waals surface area contributed by atoms with Crippen LogP contribution in [0.5, 0.6) is 0 Å². The first kappa shape index (κ1) is 11.6. The summed E-state index contributed by atoms with van der Waals surface area (Å²) < 4.78 is 75.6. The Morgan fingerprint density at radius 3 is 2.08 bits per heavy atom. The molecule has 1 atom stereocenters. The lowest BCUT2D eigenvalue weighted by molar-refractivity contribution is -0.326. The molecule has 74 valence electrons. The average Bonchev–Trinajstić information content (AvgIpc) is 1.78. The van der Waals surface area contributed by atoms with E-state index in [9.17, 15) is 26.0 Å². The maximum atomic E-state index is 12.0. The van der Waals surface area contributed by atoms with E-state index < -0.39 is 28.6 Å². The Morgan fingerprint density at radius 2 is 1.83 bits per heavy atom. The molecule has 0 aliphatic carbocycles. The summed E-state index contributed by atoms with van der Waals surface area (Å²) in [6, 6.07) is 0. The Kier molecular flexibility index (Phi) is 3.42. The number of ether oxygens (including phenoxy) is 1. The molecule has 0 aliphatic rings. The second-order valence-electron chi connectivity index (χ2n) is 1.68. The Hall–Kier alpha value is -0.410. The van der Waals surface area contributed by atoms with Crippen LogP contribution in [0.2, 0.25) is 0 Å². The lowest BCUT2D eigenvalue weighted by Gasteiger charge is -2.08. The summed E-state index contributed by atoms with van der Waals surface area (Å²) in [5.74, 6) is 0. The van der Waals surface area contributed by atoms with Crippen molar-refractivity contribution in [3.05, 3.63) is 0 Å². The molecule has 9 heteroatoms. The molecule has 0 radical (unpaired) electrons. The Balaban J connectivity index is 3.98. The van der Waals surface area contributed by atoms with Gasteiger partial charge in [-0.25, -0.2) is 4.39 Å². The van der Waals surface area contributed by atoms with E-state index in [-0.39, 0.29) is 0 Å². The average molecular weight is 212 g/mol. The molecule has 12 heavy (non-hydrogen) atoms. The van der Waals surface area contributed by atoms with Crippen molar-refractivity contribution in [2.45, 2.75) is 11.9 Å². The van der Waals surface area contributed by atoms with Gasteiger partial charge in [-0.3, -0.25) is 9.29 Å². The van der Waals surface area contributed by atoms with Crippen LogP contribution in [0.25, 0.3) is 0 Å². The van der Waals surface area contributed by atoms with Gasteiger partial charge >= 0.3 is 6.36 Å². The van der Waals surface area contributed by atoms with Crippen LogP contribution in [0.3, 0.4) is 0 Å². The van der Waals surface area contributed by atoms with E-state index >= 15 is 0 Å². The predicted molar refractivity (Wildman–Crippen MR) is 28.5 cm³/mol. The van der Waals surface area contributed by atoms with Gasteiger partial charge in [0.1, 0.15) is 6.61 Å². The topological polar surface area (TPSA) is 63.6 Å². The van der Waals surface area contributed by atoms with E-state index in [0.29, 0.717) is 0 Å². The zero-order chi connectivity index (χ0) is 9.99. The van der Waals surface area contributed by atoms with Gasteiger partial charge in [0.25, 0.3) is 10.1 Å². The highest BCUT2D eigenvalue weighted by molar-refractivity contribution is 7.86. The lowest BCUT2D eigenvalue weighted by atomic mass is 10.8. The summed E-state index contributed by atoms with van der Waals surface area (Å²) in [5.41, 5.74) is -3.08. The van der Waals surface area contributed by atoms with E-state index in [1.54, 1.807) is 0 Å². The number of hydrogen-bond acceptors (Lipinski definition) is 3. The fourth-order valence-corrected chi connectivity index (χ4v) is 0.486. The van der Waals surface area contributed by atoms with Crippen LogP contribution in [0.4, 0.5) is 17.6 Å². The van der Waals surface area contributed by atoms with Crippen molar-refractivity contribution in [1.29, 1.82) is 0 Å². The highest BCUT2D eigenvalue weighted by Gasteiger charge is 2.33. The smallest absolute Gasteiger partial charge is 0.288 e. The first-order chi connectivity index (χ1) is 5.13. The predicted octanol–water partition coefficient (Wildman–Crippen LogP) is 0.706. The molecule has 1 N–H and O–H groups in total. The molecule has 0 heterocycles. The fraction of sp³-hybridized carbons (Fsp3) is 1.00. The third-order valence-corrected chi connectivity index (χ3v) is 1.48. The van der Waals surface area contributed by atoms with Crippen molar-refractivity contribution in [3.8, 4) is 0 Å². The van der Waals surface area contributed by atoms with Gasteiger partial charge in [-0.05, 0) is 0 Å². The largest absolute Gasteiger partial charge is 0.522 e. The standard InChI is InChI=1S/C3H4F4O4S/c4-2(12(8,9)10)1-11-3(5,6)7/h2H,1H2,(H,8,9,10). The summed E-state index contributed by atoms with van der Waals surface area (Å²) in [5, 5.41) is 0. The highest BCUT2D eigenvalue weighted by atomic mass is 32.2. The van der Waals surface area contributed by atoms with Crippen molar-refractivity contribution >= 4 is 10.1 Å². The van der Waals surface area contributed by atoms with Crippen molar-refractivity contribution in [2.75, 3.05) is 6.61 Å². The van der Waals surface area contributed by atoms with Crippen molar-refractivity contribution in [2.24, 2.45) is 0 Å². The van der Waals surface area contributed by atoms with Crippen LogP contribution in [-0.4, -0.2) is 31.4 Å². The van der Waals surface area contributed by atoms with Crippen molar-refractivity contribution in [1.82, 2.24) is 0 Å². The second kappa shape index (κ2) is 3.54. The number of rotatable bonds is 3. The molecular weight excluding hydrogens is 208 g/mol. The molecule has 0 spiro atoms. The first-order valence-corrected chi connectivity index (χ1v) is 3.94. The van der Waals surface area contributed by atoms with E-state index in [4.69, 9.17) is 4.55 Å². The van der Waals surface area contributed by atoms with Gasteiger partial charge in [0.15, 0.2) is 0 Å². The summed E-state index contributed by atoms with van der Waals surface area (Å²) >= 11 is 0. The molecule has 0 rings (SSSR count). The molecule has 1 unspecified atom stereocenters. The minimum Gasteiger partial charge on any atom is -0.288 e. The molecule has 0 fully saturated rings.